The number of alkyl halides is 3. The highest BCUT2D eigenvalue weighted by Crippen LogP contribution is 2.29. The van der Waals surface area contributed by atoms with Gasteiger partial charge in [0, 0.05) is 18.7 Å². The number of nitriles is 1. The summed E-state index contributed by atoms with van der Waals surface area (Å²) in [6.45, 7) is 0.714. The minimum absolute atomic E-state index is 0.0685. The Bertz CT molecular complexity index is 957. The fourth-order valence-electron chi connectivity index (χ4n) is 3.31. The van der Waals surface area contributed by atoms with Gasteiger partial charge in [0.1, 0.15) is 6.61 Å². The molecule has 1 amide bonds. The maximum Gasteiger partial charge on any atom is 0.416 e. The first kappa shape index (κ1) is 21.4. The summed E-state index contributed by atoms with van der Waals surface area (Å²) in [5.41, 5.74) is 0.582. The van der Waals surface area contributed by atoms with Crippen molar-refractivity contribution >= 4 is 11.9 Å². The van der Waals surface area contributed by atoms with Crippen LogP contribution in [0.1, 0.15) is 39.9 Å². The van der Waals surface area contributed by atoms with E-state index in [0.717, 1.165) is 17.7 Å². The third-order valence-corrected chi connectivity index (χ3v) is 5.01. The molecule has 0 aliphatic carbocycles. The van der Waals surface area contributed by atoms with Crippen LogP contribution in [0.25, 0.3) is 0 Å². The summed E-state index contributed by atoms with van der Waals surface area (Å²) in [5, 5.41) is 8.90. The summed E-state index contributed by atoms with van der Waals surface area (Å²) in [6, 6.07) is 12.9. The molecule has 2 aromatic carbocycles. The van der Waals surface area contributed by atoms with Crippen molar-refractivity contribution in [3.05, 3.63) is 70.8 Å². The molecule has 1 aliphatic heterocycles. The van der Waals surface area contributed by atoms with Crippen LogP contribution in [0.5, 0.6) is 0 Å². The van der Waals surface area contributed by atoms with Crippen molar-refractivity contribution in [2.45, 2.75) is 25.6 Å². The molecule has 156 valence electrons. The molecule has 1 saturated heterocycles. The van der Waals surface area contributed by atoms with Gasteiger partial charge in [-0.2, -0.15) is 18.4 Å². The van der Waals surface area contributed by atoms with Crippen molar-refractivity contribution in [1.82, 2.24) is 4.90 Å². The van der Waals surface area contributed by atoms with E-state index in [2.05, 4.69) is 0 Å². The molecular formula is C22H19F3N2O3. The average molecular weight is 416 g/mol. The van der Waals surface area contributed by atoms with Gasteiger partial charge in [0.25, 0.3) is 5.91 Å². The molecule has 0 aromatic heterocycles. The highest BCUT2D eigenvalue weighted by atomic mass is 19.4. The van der Waals surface area contributed by atoms with Crippen LogP contribution >= 0.6 is 0 Å². The van der Waals surface area contributed by atoms with Crippen LogP contribution in [0.15, 0.2) is 48.5 Å². The first-order valence-corrected chi connectivity index (χ1v) is 9.40. The second-order valence-electron chi connectivity index (χ2n) is 7.06. The Morgan fingerprint density at radius 2 is 1.77 bits per heavy atom. The van der Waals surface area contributed by atoms with Crippen LogP contribution in [0.4, 0.5) is 13.2 Å². The average Bonchev–Trinajstić information content (AvgIpc) is 2.76. The summed E-state index contributed by atoms with van der Waals surface area (Å²) < 4.78 is 43.3. The zero-order chi connectivity index (χ0) is 21.7. The Kier molecular flexibility index (Phi) is 6.40. The predicted octanol–water partition coefficient (Wildman–Crippen LogP) is 4.17. The zero-order valence-electron chi connectivity index (χ0n) is 16.0. The van der Waals surface area contributed by atoms with E-state index in [-0.39, 0.29) is 30.0 Å². The molecule has 8 heteroatoms. The van der Waals surface area contributed by atoms with Gasteiger partial charge in [-0.05, 0) is 54.8 Å². The first-order valence-electron chi connectivity index (χ1n) is 9.40. The molecule has 5 nitrogen and oxygen atoms in total. The maximum absolute atomic E-state index is 12.6. The smallest absolute Gasteiger partial charge is 0.416 e. The quantitative estimate of drug-likeness (QED) is 0.702. The van der Waals surface area contributed by atoms with E-state index >= 15 is 0 Å². The van der Waals surface area contributed by atoms with Gasteiger partial charge in [-0.15, -0.1) is 0 Å². The van der Waals surface area contributed by atoms with Gasteiger partial charge in [-0.25, -0.2) is 0 Å². The number of ether oxygens (including phenoxy) is 1. The van der Waals surface area contributed by atoms with Crippen LogP contribution < -0.4 is 0 Å². The summed E-state index contributed by atoms with van der Waals surface area (Å²) in [7, 11) is 0. The molecule has 0 bridgehead atoms. The van der Waals surface area contributed by atoms with Crippen molar-refractivity contribution in [1.29, 1.82) is 5.26 Å². The van der Waals surface area contributed by atoms with Crippen molar-refractivity contribution in [3.8, 4) is 6.07 Å². The molecule has 0 N–H and O–H groups in total. The van der Waals surface area contributed by atoms with E-state index in [1.165, 1.54) is 17.0 Å². The lowest BCUT2D eigenvalue weighted by Crippen LogP contribution is -2.40. The fraction of sp³-hybridized carbons (Fsp3) is 0.318. The molecule has 0 spiro atoms. The lowest BCUT2D eigenvalue weighted by molar-refractivity contribution is -0.151. The van der Waals surface area contributed by atoms with Gasteiger partial charge in [0.2, 0.25) is 0 Å². The summed E-state index contributed by atoms with van der Waals surface area (Å²) >= 11 is 0. The zero-order valence-corrected chi connectivity index (χ0v) is 16.0. The Hall–Kier alpha value is -3.34. The lowest BCUT2D eigenvalue weighted by atomic mass is 9.96. The van der Waals surface area contributed by atoms with Crippen LogP contribution in [0.3, 0.4) is 0 Å². The number of hydrogen-bond acceptors (Lipinski definition) is 4. The van der Waals surface area contributed by atoms with E-state index in [0.29, 0.717) is 31.5 Å². The number of piperidine rings is 1. The van der Waals surface area contributed by atoms with Gasteiger partial charge in [0.05, 0.1) is 23.1 Å². The number of esters is 1. The van der Waals surface area contributed by atoms with Gasteiger partial charge >= 0.3 is 12.1 Å². The predicted molar refractivity (Wildman–Crippen MR) is 101 cm³/mol. The van der Waals surface area contributed by atoms with E-state index in [4.69, 9.17) is 10.00 Å². The van der Waals surface area contributed by atoms with Crippen LogP contribution in [0, 0.1) is 17.2 Å². The van der Waals surface area contributed by atoms with Gasteiger partial charge in [-0.1, -0.05) is 12.1 Å². The van der Waals surface area contributed by atoms with Gasteiger partial charge in [-0.3, -0.25) is 9.59 Å². The van der Waals surface area contributed by atoms with Crippen molar-refractivity contribution in [2.75, 3.05) is 13.1 Å². The van der Waals surface area contributed by atoms with E-state index in [1.54, 1.807) is 24.3 Å². The number of benzene rings is 2. The van der Waals surface area contributed by atoms with Crippen molar-refractivity contribution in [2.24, 2.45) is 5.92 Å². The highest BCUT2D eigenvalue weighted by molar-refractivity contribution is 5.94. The van der Waals surface area contributed by atoms with Crippen molar-refractivity contribution in [3.63, 3.8) is 0 Å². The molecule has 1 fully saturated rings. The number of carbonyl (C=O) groups excluding carboxylic acids is 2. The number of likely N-dealkylation sites (tertiary alicyclic amines) is 1. The lowest BCUT2D eigenvalue weighted by Gasteiger charge is -2.31. The number of carbonyl (C=O) groups is 2. The SMILES string of the molecule is N#Cc1cccc(COC(=O)C2CCN(C(=O)c3ccc(C(F)(F)F)cc3)CC2)c1. The summed E-state index contributed by atoms with van der Waals surface area (Å²) in [4.78, 5) is 26.3. The van der Waals surface area contributed by atoms with E-state index in [9.17, 15) is 22.8 Å². The normalized spacial score (nSPS) is 14.8. The molecule has 0 saturated carbocycles. The molecule has 0 atom stereocenters. The first-order chi connectivity index (χ1) is 14.3. The second-order valence-corrected chi connectivity index (χ2v) is 7.06. The Morgan fingerprint density at radius 1 is 1.10 bits per heavy atom. The molecule has 1 aliphatic rings. The number of nitrogens with zero attached hydrogens (tertiary/aromatic N) is 2. The topological polar surface area (TPSA) is 70.4 Å². The standard InChI is InChI=1S/C22H19F3N2O3/c23-22(24,25)19-6-4-17(5-7-19)20(28)27-10-8-18(9-11-27)21(29)30-14-16-3-1-2-15(12-16)13-26/h1-7,12,18H,8-11,14H2. The number of hydrogen-bond donors (Lipinski definition) is 0. The maximum atomic E-state index is 12.6. The van der Waals surface area contributed by atoms with Crippen LogP contribution in [-0.4, -0.2) is 29.9 Å². The minimum atomic E-state index is -4.45. The minimum Gasteiger partial charge on any atom is -0.461 e. The third kappa shape index (κ3) is 5.17. The third-order valence-electron chi connectivity index (χ3n) is 5.01. The van der Waals surface area contributed by atoms with Crippen LogP contribution in [0.2, 0.25) is 0 Å². The monoisotopic (exact) mass is 416 g/mol. The summed E-state index contributed by atoms with van der Waals surface area (Å²) in [5.74, 6) is -1.07. The Labute approximate surface area is 171 Å². The second kappa shape index (κ2) is 8.99. The van der Waals surface area contributed by atoms with Crippen LogP contribution in [-0.2, 0) is 22.3 Å². The summed E-state index contributed by atoms with van der Waals surface area (Å²) in [6.07, 6.45) is -3.61. The molecule has 3 rings (SSSR count). The largest absolute Gasteiger partial charge is 0.461 e. The van der Waals surface area contributed by atoms with Gasteiger partial charge < -0.3 is 9.64 Å². The molecule has 2 aromatic rings. The molecule has 30 heavy (non-hydrogen) atoms. The molecular weight excluding hydrogens is 397 g/mol. The molecule has 0 unspecified atom stereocenters. The molecule has 0 radical (unpaired) electrons. The van der Waals surface area contributed by atoms with Gasteiger partial charge in [0.15, 0.2) is 0 Å². The van der Waals surface area contributed by atoms with E-state index in [1.807, 2.05) is 6.07 Å². The van der Waals surface area contributed by atoms with Crippen molar-refractivity contribution < 1.29 is 27.5 Å². The van der Waals surface area contributed by atoms with E-state index < -0.39 is 11.7 Å². The fourth-order valence-corrected chi connectivity index (χ4v) is 3.31. The highest BCUT2D eigenvalue weighted by Gasteiger charge is 2.31. The Morgan fingerprint density at radius 3 is 2.37 bits per heavy atom. The number of halogens is 3. The molecule has 1 heterocycles. The Balaban J connectivity index is 1.50. The number of amides is 1. The number of rotatable bonds is 4.